The minimum Gasteiger partial charge on any atom is -0.469 e. The van der Waals surface area contributed by atoms with E-state index in [4.69, 9.17) is 4.74 Å². The fourth-order valence-corrected chi connectivity index (χ4v) is 3.38. The number of carbonyl (C=O) groups excluding carboxylic acids is 3. The average molecular weight is 330 g/mol. The van der Waals surface area contributed by atoms with Gasteiger partial charge in [-0.25, -0.2) is 0 Å². The van der Waals surface area contributed by atoms with E-state index in [9.17, 15) is 14.4 Å². The smallest absolute Gasteiger partial charge is 0.308 e. The van der Waals surface area contributed by atoms with Crippen molar-refractivity contribution < 1.29 is 19.1 Å². The van der Waals surface area contributed by atoms with Crippen molar-refractivity contribution in [3.63, 3.8) is 0 Å². The number of hydrogen-bond acceptors (Lipinski definition) is 4. The standard InChI is InChI=1S/C18H22N2O4/c1-24-18(23)12-7-9-20(10-8-12)17(22)14-5-6-15-13(11-14)3-2-4-16(21)19-15/h5-6,11-12H,2-4,7-10H2,1H3,(H,19,21). The summed E-state index contributed by atoms with van der Waals surface area (Å²) in [6.45, 7) is 1.12. The number of fused-ring (bicyclic) bond motifs is 1. The van der Waals surface area contributed by atoms with Gasteiger partial charge in [0.05, 0.1) is 13.0 Å². The predicted molar refractivity (Wildman–Crippen MR) is 88.7 cm³/mol. The lowest BCUT2D eigenvalue weighted by Crippen LogP contribution is -2.40. The molecule has 3 rings (SSSR count). The summed E-state index contributed by atoms with van der Waals surface area (Å²) in [5.74, 6) is -0.293. The number of anilines is 1. The zero-order chi connectivity index (χ0) is 17.1. The number of carbonyl (C=O) groups is 3. The first-order chi connectivity index (χ1) is 11.6. The van der Waals surface area contributed by atoms with Crippen LogP contribution in [0.3, 0.4) is 0 Å². The van der Waals surface area contributed by atoms with Crippen LogP contribution in [0.25, 0.3) is 0 Å². The lowest BCUT2D eigenvalue weighted by Gasteiger charge is -2.30. The molecule has 1 N–H and O–H groups in total. The van der Waals surface area contributed by atoms with Crippen LogP contribution in [0.4, 0.5) is 5.69 Å². The van der Waals surface area contributed by atoms with E-state index in [1.807, 2.05) is 12.1 Å². The van der Waals surface area contributed by atoms with Crippen molar-refractivity contribution in [1.82, 2.24) is 4.90 Å². The van der Waals surface area contributed by atoms with Crippen LogP contribution >= 0.6 is 0 Å². The molecule has 6 heteroatoms. The maximum atomic E-state index is 12.7. The van der Waals surface area contributed by atoms with Crippen LogP contribution in [-0.4, -0.2) is 42.9 Å². The molecule has 0 radical (unpaired) electrons. The topological polar surface area (TPSA) is 75.7 Å². The van der Waals surface area contributed by atoms with Crippen LogP contribution in [-0.2, 0) is 20.7 Å². The number of amides is 2. The maximum Gasteiger partial charge on any atom is 0.308 e. The highest BCUT2D eigenvalue weighted by molar-refractivity contribution is 5.97. The zero-order valence-corrected chi connectivity index (χ0v) is 13.8. The summed E-state index contributed by atoms with van der Waals surface area (Å²) in [7, 11) is 1.40. The Kier molecular flexibility index (Phi) is 4.83. The fourth-order valence-electron chi connectivity index (χ4n) is 3.38. The molecule has 6 nitrogen and oxygen atoms in total. The normalized spacial score (nSPS) is 18.4. The number of rotatable bonds is 2. The molecule has 0 unspecified atom stereocenters. The van der Waals surface area contributed by atoms with Gasteiger partial charge in [0.25, 0.3) is 5.91 Å². The summed E-state index contributed by atoms with van der Waals surface area (Å²) in [6, 6.07) is 5.46. The molecule has 0 spiro atoms. The van der Waals surface area contributed by atoms with Crippen molar-refractivity contribution in [3.8, 4) is 0 Å². The van der Waals surface area contributed by atoms with Crippen molar-refractivity contribution in [2.24, 2.45) is 5.92 Å². The molecular formula is C18H22N2O4. The quantitative estimate of drug-likeness (QED) is 0.842. The van der Waals surface area contributed by atoms with Crippen molar-refractivity contribution in [2.75, 3.05) is 25.5 Å². The Bertz CT molecular complexity index is 663. The Balaban J connectivity index is 1.69. The molecule has 2 heterocycles. The van der Waals surface area contributed by atoms with Crippen molar-refractivity contribution in [1.29, 1.82) is 0 Å². The van der Waals surface area contributed by atoms with Crippen LogP contribution in [0, 0.1) is 5.92 Å². The van der Waals surface area contributed by atoms with E-state index >= 15 is 0 Å². The first-order valence-corrected chi connectivity index (χ1v) is 8.38. The third kappa shape index (κ3) is 3.42. The van der Waals surface area contributed by atoms with Gasteiger partial charge in [-0.3, -0.25) is 14.4 Å². The molecule has 2 aliphatic heterocycles. The second-order valence-electron chi connectivity index (χ2n) is 6.36. The number of aryl methyl sites for hydroxylation is 1. The summed E-state index contributed by atoms with van der Waals surface area (Å²) < 4.78 is 4.78. The zero-order valence-electron chi connectivity index (χ0n) is 13.8. The summed E-state index contributed by atoms with van der Waals surface area (Å²) in [6.07, 6.45) is 3.37. The van der Waals surface area contributed by atoms with Crippen molar-refractivity contribution in [2.45, 2.75) is 32.1 Å². The van der Waals surface area contributed by atoms with Gasteiger partial charge >= 0.3 is 5.97 Å². The van der Waals surface area contributed by atoms with Gasteiger partial charge in [-0.05, 0) is 49.4 Å². The molecule has 0 aliphatic carbocycles. The lowest BCUT2D eigenvalue weighted by molar-refractivity contribution is -0.146. The van der Waals surface area contributed by atoms with E-state index in [0.717, 1.165) is 24.1 Å². The van der Waals surface area contributed by atoms with Crippen LogP contribution in [0.2, 0.25) is 0 Å². The van der Waals surface area contributed by atoms with E-state index in [2.05, 4.69) is 5.32 Å². The van der Waals surface area contributed by atoms with Gasteiger partial charge in [0.2, 0.25) is 5.91 Å². The molecule has 1 aromatic rings. The van der Waals surface area contributed by atoms with Gasteiger partial charge in [-0.1, -0.05) is 0 Å². The Morgan fingerprint density at radius 1 is 1.21 bits per heavy atom. The fraction of sp³-hybridized carbons (Fsp3) is 0.500. The third-order valence-electron chi connectivity index (χ3n) is 4.79. The molecule has 1 saturated heterocycles. The van der Waals surface area contributed by atoms with Gasteiger partial charge in [0.15, 0.2) is 0 Å². The number of esters is 1. The van der Waals surface area contributed by atoms with Gasteiger partial charge in [0, 0.05) is 30.8 Å². The number of benzene rings is 1. The van der Waals surface area contributed by atoms with Crippen molar-refractivity contribution >= 4 is 23.5 Å². The molecule has 0 atom stereocenters. The van der Waals surface area contributed by atoms with Crippen LogP contribution in [0.15, 0.2) is 18.2 Å². The number of likely N-dealkylation sites (tertiary alicyclic amines) is 1. The second-order valence-corrected chi connectivity index (χ2v) is 6.36. The molecule has 128 valence electrons. The molecule has 2 amide bonds. The van der Waals surface area contributed by atoms with Gasteiger partial charge in [-0.2, -0.15) is 0 Å². The summed E-state index contributed by atoms with van der Waals surface area (Å²) >= 11 is 0. The number of methoxy groups -OCH3 is 1. The number of hydrogen-bond donors (Lipinski definition) is 1. The van der Waals surface area contributed by atoms with E-state index in [0.29, 0.717) is 37.9 Å². The minimum absolute atomic E-state index is 0.0170. The molecule has 0 bridgehead atoms. The van der Waals surface area contributed by atoms with Gasteiger partial charge < -0.3 is 15.0 Å². The average Bonchev–Trinajstić information content (AvgIpc) is 2.80. The third-order valence-corrected chi connectivity index (χ3v) is 4.79. The maximum absolute atomic E-state index is 12.7. The van der Waals surface area contributed by atoms with E-state index in [1.165, 1.54) is 7.11 Å². The predicted octanol–water partition coefficient (Wildman–Crippen LogP) is 1.99. The van der Waals surface area contributed by atoms with Crippen LogP contribution in [0.5, 0.6) is 0 Å². The second kappa shape index (κ2) is 7.03. The molecule has 0 saturated carbocycles. The minimum atomic E-state index is -0.192. The molecular weight excluding hydrogens is 308 g/mol. The Morgan fingerprint density at radius 3 is 2.67 bits per heavy atom. The lowest BCUT2D eigenvalue weighted by atomic mass is 9.96. The molecule has 24 heavy (non-hydrogen) atoms. The number of nitrogens with zero attached hydrogens (tertiary/aromatic N) is 1. The number of piperidine rings is 1. The van der Waals surface area contributed by atoms with E-state index in [1.54, 1.807) is 11.0 Å². The first-order valence-electron chi connectivity index (χ1n) is 8.38. The molecule has 1 aromatic carbocycles. The first kappa shape index (κ1) is 16.5. The summed E-state index contributed by atoms with van der Waals surface area (Å²) in [5, 5.41) is 2.88. The molecule has 1 fully saturated rings. The SMILES string of the molecule is COC(=O)C1CCN(C(=O)c2ccc3c(c2)CCCC(=O)N3)CC1. The largest absolute Gasteiger partial charge is 0.469 e. The van der Waals surface area contributed by atoms with Crippen LogP contribution in [0.1, 0.15) is 41.6 Å². The van der Waals surface area contributed by atoms with Gasteiger partial charge in [-0.15, -0.1) is 0 Å². The Morgan fingerprint density at radius 2 is 1.96 bits per heavy atom. The molecule has 0 aromatic heterocycles. The highest BCUT2D eigenvalue weighted by Gasteiger charge is 2.28. The Hall–Kier alpha value is -2.37. The summed E-state index contributed by atoms with van der Waals surface area (Å²) in [4.78, 5) is 37.7. The monoisotopic (exact) mass is 330 g/mol. The number of nitrogens with one attached hydrogen (secondary N) is 1. The molecule has 2 aliphatic rings. The van der Waals surface area contributed by atoms with Crippen molar-refractivity contribution in [3.05, 3.63) is 29.3 Å². The van der Waals surface area contributed by atoms with E-state index in [-0.39, 0.29) is 23.7 Å². The Labute approximate surface area is 141 Å². The van der Waals surface area contributed by atoms with E-state index < -0.39 is 0 Å². The number of ether oxygens (including phenoxy) is 1. The highest BCUT2D eigenvalue weighted by Crippen LogP contribution is 2.25. The highest BCUT2D eigenvalue weighted by atomic mass is 16.5. The van der Waals surface area contributed by atoms with Gasteiger partial charge in [0.1, 0.15) is 0 Å². The summed E-state index contributed by atoms with van der Waals surface area (Å²) in [5.41, 5.74) is 2.45. The van der Waals surface area contributed by atoms with Crippen LogP contribution < -0.4 is 5.32 Å².